The van der Waals surface area contributed by atoms with Crippen molar-refractivity contribution in [2.24, 2.45) is 0 Å². The molecule has 45 heavy (non-hydrogen) atoms. The van der Waals surface area contributed by atoms with Crippen molar-refractivity contribution in [1.29, 1.82) is 0 Å². The van der Waals surface area contributed by atoms with Gasteiger partial charge in [0.05, 0.1) is 10.6 Å². The second kappa shape index (κ2) is 14.3. The number of rotatable bonds is 11. The second-order valence-electron chi connectivity index (χ2n) is 11.9. The number of hydrogen-bond donors (Lipinski definition) is 1. The Balaban J connectivity index is 1.82. The van der Waals surface area contributed by atoms with E-state index < -0.39 is 45.8 Å². The predicted molar refractivity (Wildman–Crippen MR) is 176 cm³/mol. The Kier molecular flexibility index (Phi) is 10.7. The smallest absolute Gasteiger partial charge is 0.264 e. The van der Waals surface area contributed by atoms with E-state index in [0.29, 0.717) is 10.6 Å². The first-order valence-electron chi connectivity index (χ1n) is 14.5. The van der Waals surface area contributed by atoms with Gasteiger partial charge in [-0.05, 0) is 80.8 Å². The van der Waals surface area contributed by atoms with Crippen LogP contribution in [-0.4, -0.2) is 43.3 Å². The summed E-state index contributed by atoms with van der Waals surface area (Å²) < 4.78 is 42.9. The summed E-state index contributed by atoms with van der Waals surface area (Å²) in [5.41, 5.74) is 1.70. The normalized spacial score (nSPS) is 12.3. The zero-order valence-electron chi connectivity index (χ0n) is 25.7. The minimum atomic E-state index is -4.25. The van der Waals surface area contributed by atoms with Crippen molar-refractivity contribution in [3.8, 4) is 0 Å². The molecule has 4 aromatic rings. The molecule has 0 spiro atoms. The number of nitrogens with zero attached hydrogens (tertiary/aromatic N) is 2. The zero-order valence-corrected chi connectivity index (χ0v) is 27.3. The van der Waals surface area contributed by atoms with Gasteiger partial charge in [-0.1, -0.05) is 78.3 Å². The SMILES string of the molecule is Cc1ccc(N(CC(=O)N(Cc2ccc(F)cc2)C(Cc2ccccc2)C(=O)NC(C)(C)C)S(=O)(=O)c2ccccc2)cc1Cl. The highest BCUT2D eigenvalue weighted by molar-refractivity contribution is 7.92. The predicted octanol–water partition coefficient (Wildman–Crippen LogP) is 6.54. The molecule has 1 unspecified atom stereocenters. The van der Waals surface area contributed by atoms with E-state index in [0.717, 1.165) is 15.4 Å². The van der Waals surface area contributed by atoms with E-state index in [2.05, 4.69) is 5.32 Å². The number of aryl methyl sites for hydroxylation is 1. The maximum Gasteiger partial charge on any atom is 0.264 e. The first-order valence-corrected chi connectivity index (χ1v) is 16.3. The Bertz CT molecular complexity index is 1730. The highest BCUT2D eigenvalue weighted by Crippen LogP contribution is 2.29. The Hall–Kier alpha value is -4.21. The maximum atomic E-state index is 14.5. The third-order valence-corrected chi connectivity index (χ3v) is 9.28. The summed E-state index contributed by atoms with van der Waals surface area (Å²) in [6, 6.07) is 26.4. The molecule has 4 aromatic carbocycles. The van der Waals surface area contributed by atoms with Crippen LogP contribution >= 0.6 is 11.6 Å². The monoisotopic (exact) mass is 649 g/mol. The van der Waals surface area contributed by atoms with Crippen LogP contribution in [0.4, 0.5) is 10.1 Å². The van der Waals surface area contributed by atoms with Gasteiger partial charge in [-0.3, -0.25) is 13.9 Å². The van der Waals surface area contributed by atoms with Crippen LogP contribution in [0.1, 0.15) is 37.5 Å². The lowest BCUT2D eigenvalue weighted by Crippen LogP contribution is -2.56. The molecule has 7 nitrogen and oxygen atoms in total. The van der Waals surface area contributed by atoms with Crippen LogP contribution in [-0.2, 0) is 32.6 Å². The van der Waals surface area contributed by atoms with Crippen LogP contribution in [0, 0.1) is 12.7 Å². The molecule has 1 atom stereocenters. The molecule has 0 aliphatic rings. The van der Waals surface area contributed by atoms with Gasteiger partial charge >= 0.3 is 0 Å². The lowest BCUT2D eigenvalue weighted by molar-refractivity contribution is -0.140. The first-order chi connectivity index (χ1) is 21.2. The molecule has 0 aromatic heterocycles. The van der Waals surface area contributed by atoms with Crippen LogP contribution in [0.2, 0.25) is 5.02 Å². The van der Waals surface area contributed by atoms with Gasteiger partial charge < -0.3 is 10.2 Å². The van der Waals surface area contributed by atoms with Crippen LogP contribution in [0.5, 0.6) is 0 Å². The first kappa shape index (κ1) is 33.7. The van der Waals surface area contributed by atoms with Gasteiger partial charge in [-0.2, -0.15) is 0 Å². The molecule has 2 amide bonds. The van der Waals surface area contributed by atoms with E-state index >= 15 is 0 Å². The fraction of sp³-hybridized carbons (Fsp3) is 0.257. The number of carbonyl (C=O) groups is 2. The van der Waals surface area contributed by atoms with E-state index in [1.165, 1.54) is 47.4 Å². The van der Waals surface area contributed by atoms with Crippen molar-refractivity contribution in [3.05, 3.63) is 131 Å². The average molecular weight is 650 g/mol. The molecule has 0 heterocycles. The van der Waals surface area contributed by atoms with E-state index in [1.807, 2.05) is 51.1 Å². The molecule has 0 aliphatic heterocycles. The molecular formula is C35H37ClFN3O4S. The van der Waals surface area contributed by atoms with Gasteiger partial charge in [0.15, 0.2) is 0 Å². The number of hydrogen-bond acceptors (Lipinski definition) is 4. The Morgan fingerprint density at radius 1 is 0.867 bits per heavy atom. The molecule has 1 N–H and O–H groups in total. The van der Waals surface area contributed by atoms with Gasteiger partial charge in [-0.25, -0.2) is 12.8 Å². The van der Waals surface area contributed by atoms with Crippen molar-refractivity contribution >= 4 is 39.1 Å². The fourth-order valence-electron chi connectivity index (χ4n) is 4.78. The molecule has 236 valence electrons. The minimum absolute atomic E-state index is 0.00843. The molecule has 4 rings (SSSR count). The quantitative estimate of drug-likeness (QED) is 0.200. The zero-order chi connectivity index (χ0) is 32.8. The van der Waals surface area contributed by atoms with Crippen LogP contribution in [0.15, 0.2) is 108 Å². The fourth-order valence-corrected chi connectivity index (χ4v) is 6.38. The van der Waals surface area contributed by atoms with E-state index in [9.17, 15) is 22.4 Å². The van der Waals surface area contributed by atoms with E-state index in [1.54, 1.807) is 37.3 Å². The van der Waals surface area contributed by atoms with E-state index in [-0.39, 0.29) is 23.5 Å². The van der Waals surface area contributed by atoms with Gasteiger partial charge in [0, 0.05) is 23.5 Å². The molecule has 10 heteroatoms. The largest absolute Gasteiger partial charge is 0.350 e. The average Bonchev–Trinajstić information content (AvgIpc) is 3.00. The van der Waals surface area contributed by atoms with Gasteiger partial charge in [0.1, 0.15) is 18.4 Å². The van der Waals surface area contributed by atoms with E-state index in [4.69, 9.17) is 11.6 Å². The molecular weight excluding hydrogens is 613 g/mol. The number of halogens is 2. The number of nitrogens with one attached hydrogen (secondary N) is 1. The standard InChI is InChI=1S/C35H37ClFN3O4S/c1-25-15-20-29(22-31(25)36)40(45(43,44)30-13-9-6-10-14-30)24-33(41)39(23-27-16-18-28(37)19-17-27)32(34(42)38-35(2,3)4)21-26-11-7-5-8-12-26/h5-20,22,32H,21,23-24H2,1-4H3,(H,38,42). The molecule has 0 fully saturated rings. The third-order valence-electron chi connectivity index (χ3n) is 7.09. The molecule has 0 saturated carbocycles. The summed E-state index contributed by atoms with van der Waals surface area (Å²) in [4.78, 5) is 29.7. The molecule has 0 bridgehead atoms. The third kappa shape index (κ3) is 8.93. The van der Waals surface area contributed by atoms with Crippen LogP contribution in [0.25, 0.3) is 0 Å². The molecule has 0 radical (unpaired) electrons. The van der Waals surface area contributed by atoms with Gasteiger partial charge in [-0.15, -0.1) is 0 Å². The summed E-state index contributed by atoms with van der Waals surface area (Å²) in [5, 5.41) is 3.32. The van der Waals surface area contributed by atoms with Crippen molar-refractivity contribution in [2.75, 3.05) is 10.8 Å². The Labute approximate surface area is 269 Å². The topological polar surface area (TPSA) is 86.8 Å². The van der Waals surface area contributed by atoms with Crippen LogP contribution in [0.3, 0.4) is 0 Å². The Morgan fingerprint density at radius 3 is 2.04 bits per heavy atom. The minimum Gasteiger partial charge on any atom is -0.350 e. The van der Waals surface area contributed by atoms with Crippen LogP contribution < -0.4 is 9.62 Å². The number of anilines is 1. The van der Waals surface area contributed by atoms with Gasteiger partial charge in [0.25, 0.3) is 10.0 Å². The lowest BCUT2D eigenvalue weighted by atomic mass is 10.0. The number of carbonyl (C=O) groups excluding carboxylic acids is 2. The van der Waals surface area contributed by atoms with Crippen molar-refractivity contribution in [2.45, 2.75) is 57.1 Å². The Morgan fingerprint density at radius 2 is 1.47 bits per heavy atom. The summed E-state index contributed by atoms with van der Waals surface area (Å²) >= 11 is 6.42. The maximum absolute atomic E-state index is 14.5. The molecule has 0 aliphatic carbocycles. The van der Waals surface area contributed by atoms with Crippen molar-refractivity contribution in [3.63, 3.8) is 0 Å². The summed E-state index contributed by atoms with van der Waals surface area (Å²) in [6.45, 7) is 6.62. The summed E-state index contributed by atoms with van der Waals surface area (Å²) in [6.07, 6.45) is 0.164. The number of sulfonamides is 1. The molecule has 0 saturated heterocycles. The number of benzene rings is 4. The second-order valence-corrected chi connectivity index (χ2v) is 14.1. The van der Waals surface area contributed by atoms with Gasteiger partial charge in [0.2, 0.25) is 11.8 Å². The van der Waals surface area contributed by atoms with Crippen molar-refractivity contribution < 1.29 is 22.4 Å². The highest BCUT2D eigenvalue weighted by atomic mass is 35.5. The summed E-state index contributed by atoms with van der Waals surface area (Å²) in [7, 11) is -4.25. The lowest BCUT2D eigenvalue weighted by Gasteiger charge is -2.35. The highest BCUT2D eigenvalue weighted by Gasteiger charge is 2.35. The summed E-state index contributed by atoms with van der Waals surface area (Å²) in [5.74, 6) is -1.47. The van der Waals surface area contributed by atoms with Crippen molar-refractivity contribution in [1.82, 2.24) is 10.2 Å². The number of amides is 2.